The van der Waals surface area contributed by atoms with Gasteiger partial charge in [0, 0.05) is 36.4 Å². The first kappa shape index (κ1) is 34.9. The van der Waals surface area contributed by atoms with E-state index in [0.717, 1.165) is 0 Å². The summed E-state index contributed by atoms with van der Waals surface area (Å²) in [6.07, 6.45) is 1.49. The number of hydrogen-bond acceptors (Lipinski definition) is 11. The van der Waals surface area contributed by atoms with Gasteiger partial charge in [0.15, 0.2) is 5.78 Å². The fourth-order valence-corrected chi connectivity index (χ4v) is 4.58. The largest absolute Gasteiger partial charge is 0.461 e. The van der Waals surface area contributed by atoms with E-state index in [2.05, 4.69) is 6.58 Å². The number of aliphatic hydroxyl groups is 1. The maximum absolute atomic E-state index is 13.1. The van der Waals surface area contributed by atoms with Gasteiger partial charge in [0.1, 0.15) is 37.6 Å². The minimum Gasteiger partial charge on any atom is -0.461 e. The molecule has 0 aliphatic carbocycles. The Bertz CT molecular complexity index is 1140. The number of hydrogen-bond donors (Lipinski definition) is 1. The fraction of sp³-hybridized carbons (Fsp3) is 0.567. The number of esters is 4. The molecule has 2 heterocycles. The van der Waals surface area contributed by atoms with E-state index in [9.17, 15) is 29.1 Å². The highest BCUT2D eigenvalue weighted by atomic mass is 35.5. The van der Waals surface area contributed by atoms with Crippen LogP contribution in [0.5, 0.6) is 0 Å². The quantitative estimate of drug-likeness (QED) is 0.167. The molecule has 0 spiro atoms. The number of ether oxygens (including phenoxy) is 5. The molecule has 0 aromatic heterocycles. The van der Waals surface area contributed by atoms with Gasteiger partial charge < -0.3 is 28.8 Å². The summed E-state index contributed by atoms with van der Waals surface area (Å²) in [4.78, 5) is 59.7. The minimum absolute atomic E-state index is 0.148. The molecular formula is C30H39ClO11. The second-order valence-electron chi connectivity index (χ2n) is 10.3. The second-order valence-corrected chi connectivity index (χ2v) is 10.8. The van der Waals surface area contributed by atoms with Crippen molar-refractivity contribution in [3.05, 3.63) is 46.6 Å². The maximum Gasteiger partial charge on any atom is 0.310 e. The van der Waals surface area contributed by atoms with Gasteiger partial charge in [0.05, 0.1) is 18.9 Å². The minimum atomic E-state index is -1.24. The van der Waals surface area contributed by atoms with Gasteiger partial charge in [-0.05, 0) is 33.1 Å². The first-order chi connectivity index (χ1) is 19.7. The van der Waals surface area contributed by atoms with E-state index < -0.39 is 48.3 Å². The van der Waals surface area contributed by atoms with Crippen LogP contribution in [0.25, 0.3) is 0 Å². The molecule has 12 heteroatoms. The zero-order valence-electron chi connectivity index (χ0n) is 24.4. The highest BCUT2D eigenvalue weighted by Gasteiger charge is 2.42. The Morgan fingerprint density at radius 3 is 2.50 bits per heavy atom. The summed E-state index contributed by atoms with van der Waals surface area (Å²) in [7, 11) is 0. The van der Waals surface area contributed by atoms with Gasteiger partial charge in [-0.2, -0.15) is 0 Å². The number of Topliss-reactive ketones (excluding diaryl/α,β-unsaturated/α-hetero) is 1. The molecule has 2 bridgehead atoms. The molecule has 2 rings (SSSR count). The van der Waals surface area contributed by atoms with Crippen molar-refractivity contribution >= 4 is 41.3 Å². The summed E-state index contributed by atoms with van der Waals surface area (Å²) in [6.45, 7) is 8.50. The monoisotopic (exact) mass is 610 g/mol. The molecule has 0 aromatic rings. The zero-order chi connectivity index (χ0) is 31.4. The van der Waals surface area contributed by atoms with Crippen LogP contribution in [0.3, 0.4) is 0 Å². The third-order valence-electron chi connectivity index (χ3n) is 6.55. The van der Waals surface area contributed by atoms with Crippen molar-refractivity contribution in [1.82, 2.24) is 0 Å². The van der Waals surface area contributed by atoms with Crippen molar-refractivity contribution in [3.63, 3.8) is 0 Å². The Balaban J connectivity index is 2.22. The second kappa shape index (κ2) is 17.0. The molecule has 11 nitrogen and oxygen atoms in total. The number of allylic oxidation sites excluding steroid dienone is 3. The van der Waals surface area contributed by atoms with Crippen LogP contribution in [-0.4, -0.2) is 78.5 Å². The highest BCUT2D eigenvalue weighted by molar-refractivity contribution is 6.29. The smallest absolute Gasteiger partial charge is 0.310 e. The molecule has 2 aliphatic heterocycles. The average molecular weight is 611 g/mol. The predicted molar refractivity (Wildman–Crippen MR) is 151 cm³/mol. The third kappa shape index (κ3) is 12.3. The van der Waals surface area contributed by atoms with Crippen molar-refractivity contribution < 1.29 is 52.8 Å². The molecule has 232 valence electrons. The van der Waals surface area contributed by atoms with Crippen molar-refractivity contribution in [2.45, 2.75) is 96.7 Å². The van der Waals surface area contributed by atoms with Crippen molar-refractivity contribution in [2.24, 2.45) is 0 Å². The zero-order valence-corrected chi connectivity index (χ0v) is 25.1. The van der Waals surface area contributed by atoms with Gasteiger partial charge in [0.2, 0.25) is 0 Å². The molecule has 1 fully saturated rings. The van der Waals surface area contributed by atoms with E-state index in [0.29, 0.717) is 35.4 Å². The van der Waals surface area contributed by atoms with Gasteiger partial charge in [-0.1, -0.05) is 42.0 Å². The lowest BCUT2D eigenvalue weighted by Crippen LogP contribution is -2.37. The molecule has 2 aliphatic rings. The van der Waals surface area contributed by atoms with E-state index in [1.807, 2.05) is 0 Å². The van der Waals surface area contributed by atoms with Gasteiger partial charge in [-0.15, -0.1) is 0 Å². The van der Waals surface area contributed by atoms with Gasteiger partial charge in [-0.25, -0.2) is 0 Å². The van der Waals surface area contributed by atoms with Gasteiger partial charge in [0.25, 0.3) is 0 Å². The lowest BCUT2D eigenvalue weighted by Gasteiger charge is -2.24. The third-order valence-corrected chi connectivity index (χ3v) is 6.90. The number of fused-ring (bicyclic) bond motifs is 2. The van der Waals surface area contributed by atoms with Gasteiger partial charge in [-0.3, -0.25) is 24.0 Å². The van der Waals surface area contributed by atoms with Crippen LogP contribution in [0.15, 0.2) is 46.6 Å². The van der Waals surface area contributed by atoms with Crippen molar-refractivity contribution in [1.29, 1.82) is 0 Å². The molecular weight excluding hydrogens is 572 g/mol. The summed E-state index contributed by atoms with van der Waals surface area (Å²) in [5, 5.41) is 11.6. The first-order valence-corrected chi connectivity index (χ1v) is 14.0. The summed E-state index contributed by atoms with van der Waals surface area (Å²) in [5.74, 6) is -2.78. The number of carbonyl (C=O) groups is 5. The summed E-state index contributed by atoms with van der Waals surface area (Å²) >= 11 is 6.41. The summed E-state index contributed by atoms with van der Waals surface area (Å²) in [5.41, 5.74) is 1.03. The molecule has 0 amide bonds. The van der Waals surface area contributed by atoms with E-state index in [1.165, 1.54) is 26.8 Å². The molecule has 0 radical (unpaired) electrons. The van der Waals surface area contributed by atoms with Crippen LogP contribution in [0, 0.1) is 0 Å². The summed E-state index contributed by atoms with van der Waals surface area (Å²) in [6, 6.07) is 0. The van der Waals surface area contributed by atoms with Crippen LogP contribution < -0.4 is 0 Å². The number of aliphatic hydroxyl groups excluding tert-OH is 1. The number of carbonyl (C=O) groups excluding carboxylic acids is 5. The molecule has 0 unspecified atom stereocenters. The van der Waals surface area contributed by atoms with Crippen molar-refractivity contribution in [2.75, 3.05) is 13.2 Å². The number of halogens is 1. The normalized spacial score (nSPS) is 26.7. The molecule has 42 heavy (non-hydrogen) atoms. The maximum atomic E-state index is 13.1. The lowest BCUT2D eigenvalue weighted by molar-refractivity contribution is -0.159. The molecule has 0 saturated carbocycles. The Morgan fingerprint density at radius 1 is 1.14 bits per heavy atom. The van der Waals surface area contributed by atoms with E-state index in [1.54, 1.807) is 19.1 Å². The Morgan fingerprint density at radius 2 is 1.86 bits per heavy atom. The highest BCUT2D eigenvalue weighted by Crippen LogP contribution is 2.32. The molecule has 1 N–H and O–H groups in total. The average Bonchev–Trinajstić information content (AvgIpc) is 3.28. The number of rotatable bonds is 10. The van der Waals surface area contributed by atoms with Crippen LogP contribution in [-0.2, 0) is 47.7 Å². The van der Waals surface area contributed by atoms with Gasteiger partial charge >= 0.3 is 23.9 Å². The van der Waals surface area contributed by atoms with Crippen LogP contribution >= 0.6 is 11.6 Å². The Hall–Kier alpha value is -3.28. The fourth-order valence-electron chi connectivity index (χ4n) is 4.38. The van der Waals surface area contributed by atoms with E-state index in [4.69, 9.17) is 35.3 Å². The van der Waals surface area contributed by atoms with Crippen LogP contribution in [0.4, 0.5) is 0 Å². The Labute approximate surface area is 250 Å². The van der Waals surface area contributed by atoms with E-state index >= 15 is 0 Å². The predicted octanol–water partition coefficient (Wildman–Crippen LogP) is 3.56. The molecule has 1 saturated heterocycles. The molecule has 0 aromatic carbocycles. The van der Waals surface area contributed by atoms with E-state index in [-0.39, 0.29) is 49.9 Å². The Kier molecular flexibility index (Phi) is 14.1. The topological polar surface area (TPSA) is 152 Å². The molecule has 5 atom stereocenters. The standard InChI is InChI=1S/C30H39ClO11/c1-17(12-28(36)39-15-18(2)19(3)32)11-25(35)30-27-13-24(41-30)10-9-23(31)8-6-7-22(16-38-20(4)33)26(40-21(5)34)14-29(37)42-27/h7-8,11,24-27,30,35H,2,6,9-10,12-16H2,1,3-5H3/b17-11+,22-7-,23-8+/t24-,25+,26+,27+,30+/m0/s1. The first-order valence-electron chi connectivity index (χ1n) is 13.6. The SMILES string of the molecule is C=C(COC(=O)C/C(C)=C/[C@@H](O)[C@H]1O[C@H]2CC/C(Cl)=C\C/C=C(/COC(C)=O)[C@H](OC(C)=O)CC(=O)O[C@@H]1C2)C(C)=O. The van der Waals surface area contributed by atoms with Crippen LogP contribution in [0.2, 0.25) is 0 Å². The summed E-state index contributed by atoms with van der Waals surface area (Å²) < 4.78 is 27.3. The van der Waals surface area contributed by atoms with Crippen molar-refractivity contribution in [3.8, 4) is 0 Å². The number of ketones is 1. The lowest BCUT2D eigenvalue weighted by atomic mass is 10.0. The van der Waals surface area contributed by atoms with Crippen LogP contribution in [0.1, 0.15) is 66.2 Å².